The van der Waals surface area contributed by atoms with Crippen molar-refractivity contribution >= 4 is 17.2 Å². The van der Waals surface area contributed by atoms with Crippen LogP contribution in [-0.2, 0) is 4.74 Å². The number of pyridine rings is 1. The van der Waals surface area contributed by atoms with Crippen LogP contribution in [0.1, 0.15) is 40.9 Å². The van der Waals surface area contributed by atoms with Crippen LogP contribution in [-0.4, -0.2) is 32.0 Å². The average Bonchev–Trinajstić information content (AvgIpc) is 3.49. The maximum Gasteiger partial charge on any atom is 0.274 e. The van der Waals surface area contributed by atoms with E-state index in [1.807, 2.05) is 49.5 Å². The molecule has 1 amide bonds. The zero-order valence-corrected chi connectivity index (χ0v) is 15.8. The number of nitrogens with zero attached hydrogens (tertiary/aromatic N) is 4. The van der Waals surface area contributed by atoms with Gasteiger partial charge < -0.3 is 14.6 Å². The molecule has 1 N–H and O–H groups in total. The molecule has 146 valence electrons. The van der Waals surface area contributed by atoms with Crippen molar-refractivity contribution in [2.24, 2.45) is 0 Å². The molecule has 29 heavy (non-hydrogen) atoms. The van der Waals surface area contributed by atoms with E-state index in [4.69, 9.17) is 9.26 Å². The molecule has 1 saturated heterocycles. The van der Waals surface area contributed by atoms with Gasteiger partial charge in [-0.3, -0.25) is 9.20 Å². The number of ether oxygens (including phenoxy) is 1. The fourth-order valence-corrected chi connectivity index (χ4v) is 3.44. The molecule has 0 radical (unpaired) electrons. The molecular weight excluding hydrogens is 370 g/mol. The second-order valence-electron chi connectivity index (χ2n) is 7.01. The number of hydrogen-bond donors (Lipinski definition) is 1. The maximum absolute atomic E-state index is 12.8. The Kier molecular flexibility index (Phi) is 4.33. The monoisotopic (exact) mass is 389 g/mol. The van der Waals surface area contributed by atoms with E-state index in [0.29, 0.717) is 29.7 Å². The van der Waals surface area contributed by atoms with Crippen LogP contribution < -0.4 is 5.32 Å². The summed E-state index contributed by atoms with van der Waals surface area (Å²) in [5.41, 5.74) is 3.56. The number of rotatable bonds is 4. The van der Waals surface area contributed by atoms with Crippen LogP contribution in [0.2, 0.25) is 0 Å². The van der Waals surface area contributed by atoms with E-state index in [2.05, 4.69) is 20.4 Å². The molecule has 0 unspecified atom stereocenters. The van der Waals surface area contributed by atoms with E-state index in [1.165, 1.54) is 0 Å². The molecule has 0 bridgehead atoms. The highest BCUT2D eigenvalue weighted by Gasteiger charge is 2.24. The summed E-state index contributed by atoms with van der Waals surface area (Å²) >= 11 is 0. The van der Waals surface area contributed by atoms with Gasteiger partial charge in [-0.2, -0.15) is 4.98 Å². The minimum atomic E-state index is -0.239. The van der Waals surface area contributed by atoms with E-state index >= 15 is 0 Å². The van der Waals surface area contributed by atoms with E-state index in [0.717, 1.165) is 29.6 Å². The molecule has 8 nitrogen and oxygen atoms in total. The normalized spacial score (nSPS) is 16.4. The van der Waals surface area contributed by atoms with Gasteiger partial charge in [-0.25, -0.2) is 4.98 Å². The smallest absolute Gasteiger partial charge is 0.274 e. The Morgan fingerprint density at radius 2 is 2.21 bits per heavy atom. The van der Waals surface area contributed by atoms with Crippen LogP contribution in [0.4, 0.5) is 5.69 Å². The first kappa shape index (κ1) is 17.6. The third kappa shape index (κ3) is 3.27. The molecule has 1 fully saturated rings. The van der Waals surface area contributed by atoms with Gasteiger partial charge in [0.05, 0.1) is 6.20 Å². The Morgan fingerprint density at radius 1 is 1.28 bits per heavy atom. The SMILES string of the molecule is Cc1ccc(-c2noc([C@@H]3CCCO3)n2)cc1NC(=O)c1cnc2ccccn12. The van der Waals surface area contributed by atoms with Crippen molar-refractivity contribution in [3.8, 4) is 11.4 Å². The average molecular weight is 389 g/mol. The molecule has 1 aromatic carbocycles. The van der Waals surface area contributed by atoms with Gasteiger partial charge >= 0.3 is 0 Å². The van der Waals surface area contributed by atoms with Crippen LogP contribution in [0, 0.1) is 6.92 Å². The fraction of sp³-hybridized carbons (Fsp3) is 0.238. The second-order valence-corrected chi connectivity index (χ2v) is 7.01. The van der Waals surface area contributed by atoms with Crippen LogP contribution in [0.15, 0.2) is 53.3 Å². The summed E-state index contributed by atoms with van der Waals surface area (Å²) in [5, 5.41) is 7.05. The number of amides is 1. The van der Waals surface area contributed by atoms with Gasteiger partial charge in [-0.1, -0.05) is 23.4 Å². The van der Waals surface area contributed by atoms with E-state index in [9.17, 15) is 4.79 Å². The van der Waals surface area contributed by atoms with Crippen molar-refractivity contribution in [1.82, 2.24) is 19.5 Å². The molecule has 5 rings (SSSR count). The number of anilines is 1. The lowest BCUT2D eigenvalue weighted by Gasteiger charge is -2.09. The van der Waals surface area contributed by atoms with Crippen molar-refractivity contribution in [2.45, 2.75) is 25.9 Å². The molecule has 0 saturated carbocycles. The van der Waals surface area contributed by atoms with E-state index in [1.54, 1.807) is 10.6 Å². The molecule has 1 atom stereocenters. The topological polar surface area (TPSA) is 94.5 Å². The standard InChI is InChI=1S/C21H19N5O3/c1-13-7-8-14(19-24-21(29-25-19)17-5-4-10-28-17)11-15(13)23-20(27)16-12-22-18-6-2-3-9-26(16)18/h2-3,6-9,11-12,17H,4-5,10H2,1H3,(H,23,27)/t17-/m0/s1. The van der Waals surface area contributed by atoms with Crippen LogP contribution >= 0.6 is 0 Å². The number of aromatic nitrogens is 4. The summed E-state index contributed by atoms with van der Waals surface area (Å²) < 4.78 is 12.7. The molecule has 4 aromatic rings. The predicted molar refractivity (Wildman–Crippen MR) is 106 cm³/mol. The number of hydrogen-bond acceptors (Lipinski definition) is 6. The van der Waals surface area contributed by atoms with Crippen molar-refractivity contribution in [3.05, 3.63) is 65.9 Å². The highest BCUT2D eigenvalue weighted by molar-refractivity contribution is 6.04. The van der Waals surface area contributed by atoms with Gasteiger partial charge in [0.15, 0.2) is 0 Å². The van der Waals surface area contributed by atoms with Crippen molar-refractivity contribution in [1.29, 1.82) is 0 Å². The number of fused-ring (bicyclic) bond motifs is 1. The molecule has 8 heteroatoms. The summed E-state index contributed by atoms with van der Waals surface area (Å²) in [5.74, 6) is 0.729. The quantitative estimate of drug-likeness (QED) is 0.571. The second kappa shape index (κ2) is 7.14. The lowest BCUT2D eigenvalue weighted by Crippen LogP contribution is -2.15. The summed E-state index contributed by atoms with van der Waals surface area (Å²) in [6, 6.07) is 11.3. The summed E-state index contributed by atoms with van der Waals surface area (Å²) in [6.45, 7) is 2.65. The van der Waals surface area contributed by atoms with Gasteiger partial charge in [0.2, 0.25) is 5.82 Å². The van der Waals surface area contributed by atoms with Crippen molar-refractivity contribution in [3.63, 3.8) is 0 Å². The number of imidazole rings is 1. The highest BCUT2D eigenvalue weighted by atomic mass is 16.5. The lowest BCUT2D eigenvalue weighted by molar-refractivity contribution is 0.0835. The van der Waals surface area contributed by atoms with E-state index < -0.39 is 0 Å². The van der Waals surface area contributed by atoms with Crippen molar-refractivity contribution < 1.29 is 14.1 Å². The molecule has 3 aromatic heterocycles. The number of carbonyl (C=O) groups excluding carboxylic acids is 1. The number of carbonyl (C=O) groups is 1. The minimum absolute atomic E-state index is 0.129. The van der Waals surface area contributed by atoms with Gasteiger partial charge in [0.1, 0.15) is 17.4 Å². The molecule has 1 aliphatic heterocycles. The van der Waals surface area contributed by atoms with Crippen molar-refractivity contribution in [2.75, 3.05) is 11.9 Å². The van der Waals surface area contributed by atoms with Crippen LogP contribution in [0.5, 0.6) is 0 Å². The molecule has 4 heterocycles. The predicted octanol–water partition coefficient (Wildman–Crippen LogP) is 3.80. The van der Waals surface area contributed by atoms with Gasteiger partial charge in [-0.15, -0.1) is 0 Å². The van der Waals surface area contributed by atoms with E-state index in [-0.39, 0.29) is 12.0 Å². The Morgan fingerprint density at radius 3 is 3.07 bits per heavy atom. The Labute approximate surface area is 166 Å². The Hall–Kier alpha value is -3.52. The fourth-order valence-electron chi connectivity index (χ4n) is 3.44. The zero-order valence-electron chi connectivity index (χ0n) is 15.8. The minimum Gasteiger partial charge on any atom is -0.368 e. The molecule has 1 aliphatic rings. The number of aryl methyl sites for hydroxylation is 1. The molecule has 0 spiro atoms. The first-order chi connectivity index (χ1) is 14.2. The first-order valence-corrected chi connectivity index (χ1v) is 9.49. The summed E-state index contributed by atoms with van der Waals surface area (Å²) in [7, 11) is 0. The first-order valence-electron chi connectivity index (χ1n) is 9.49. The molecular formula is C21H19N5O3. The van der Waals surface area contributed by atoms with Gasteiger partial charge in [0.25, 0.3) is 11.8 Å². The largest absolute Gasteiger partial charge is 0.368 e. The Bertz CT molecular complexity index is 1190. The van der Waals surface area contributed by atoms with Crippen LogP contribution in [0.25, 0.3) is 17.0 Å². The van der Waals surface area contributed by atoms with Crippen LogP contribution in [0.3, 0.4) is 0 Å². The van der Waals surface area contributed by atoms with Gasteiger partial charge in [-0.05, 0) is 43.5 Å². The Balaban J connectivity index is 1.41. The number of nitrogens with one attached hydrogen (secondary N) is 1. The zero-order chi connectivity index (χ0) is 19.8. The third-order valence-corrected chi connectivity index (χ3v) is 5.04. The molecule has 0 aliphatic carbocycles. The lowest BCUT2D eigenvalue weighted by atomic mass is 10.1. The highest BCUT2D eigenvalue weighted by Crippen LogP contribution is 2.30. The summed E-state index contributed by atoms with van der Waals surface area (Å²) in [4.78, 5) is 21.6. The van der Waals surface area contributed by atoms with Gasteiger partial charge in [0, 0.05) is 24.1 Å². The third-order valence-electron chi connectivity index (χ3n) is 5.04. The summed E-state index contributed by atoms with van der Waals surface area (Å²) in [6.07, 6.45) is 5.13. The number of benzene rings is 1. The maximum atomic E-state index is 12.8.